The van der Waals surface area contributed by atoms with E-state index in [4.69, 9.17) is 0 Å². The van der Waals surface area contributed by atoms with Crippen LogP contribution in [0.5, 0.6) is 0 Å². The average molecular weight is 282 g/mol. The van der Waals surface area contributed by atoms with Gasteiger partial charge in [0.05, 0.1) is 17.4 Å². The number of rotatable bonds is 7. The fraction of sp³-hybridized carbons (Fsp3) is 0.353. The molecule has 2 heterocycles. The lowest BCUT2D eigenvalue weighted by Crippen LogP contribution is -2.18. The number of fused-ring (bicyclic) bond motifs is 1. The molecule has 0 bridgehead atoms. The fourth-order valence-electron chi connectivity index (χ4n) is 2.70. The first kappa shape index (κ1) is 13.9. The van der Waals surface area contributed by atoms with Crippen molar-refractivity contribution in [2.45, 2.75) is 33.0 Å². The van der Waals surface area contributed by atoms with Crippen molar-refractivity contribution in [2.75, 3.05) is 6.54 Å². The Morgan fingerprint density at radius 2 is 2.00 bits per heavy atom. The highest BCUT2D eigenvalue weighted by Crippen LogP contribution is 2.11. The average Bonchev–Trinajstić information content (AvgIpc) is 3.13. The van der Waals surface area contributed by atoms with Crippen molar-refractivity contribution in [1.29, 1.82) is 0 Å². The molecule has 0 saturated heterocycles. The molecule has 0 spiro atoms. The molecule has 0 aliphatic rings. The van der Waals surface area contributed by atoms with E-state index in [0.717, 1.165) is 38.1 Å². The summed E-state index contributed by atoms with van der Waals surface area (Å²) in [5.41, 5.74) is 3.65. The number of para-hydroxylation sites is 2. The molecule has 4 heteroatoms. The normalized spacial score (nSPS) is 11.3. The van der Waals surface area contributed by atoms with Gasteiger partial charge in [0.1, 0.15) is 0 Å². The van der Waals surface area contributed by atoms with Crippen LogP contribution in [0.3, 0.4) is 0 Å². The molecular weight excluding hydrogens is 260 g/mol. The van der Waals surface area contributed by atoms with Gasteiger partial charge in [-0.1, -0.05) is 12.1 Å². The quantitative estimate of drug-likeness (QED) is 0.676. The minimum Gasteiger partial charge on any atom is -0.351 e. The van der Waals surface area contributed by atoms with E-state index in [1.807, 2.05) is 12.4 Å². The third kappa shape index (κ3) is 3.16. The number of nitrogens with one attached hydrogen (secondary N) is 1. The molecule has 4 nitrogen and oxygen atoms in total. The first-order chi connectivity index (χ1) is 10.4. The zero-order valence-corrected chi connectivity index (χ0v) is 12.5. The molecule has 1 aromatic carbocycles. The van der Waals surface area contributed by atoms with Crippen molar-refractivity contribution in [1.82, 2.24) is 19.4 Å². The highest BCUT2D eigenvalue weighted by Gasteiger charge is 2.01. The van der Waals surface area contributed by atoms with Crippen LogP contribution in [-0.2, 0) is 19.6 Å². The van der Waals surface area contributed by atoms with Crippen molar-refractivity contribution < 1.29 is 0 Å². The first-order valence-corrected chi connectivity index (χ1v) is 7.63. The monoisotopic (exact) mass is 282 g/mol. The van der Waals surface area contributed by atoms with E-state index in [2.05, 4.69) is 62.9 Å². The van der Waals surface area contributed by atoms with Gasteiger partial charge in [-0.15, -0.1) is 0 Å². The Labute approximate surface area is 125 Å². The van der Waals surface area contributed by atoms with Gasteiger partial charge in [-0.2, -0.15) is 0 Å². The van der Waals surface area contributed by atoms with E-state index < -0.39 is 0 Å². The van der Waals surface area contributed by atoms with Crippen LogP contribution in [0, 0.1) is 0 Å². The Bertz CT molecular complexity index is 695. The summed E-state index contributed by atoms with van der Waals surface area (Å²) in [5, 5.41) is 3.52. The van der Waals surface area contributed by atoms with Gasteiger partial charge in [-0.3, -0.25) is 0 Å². The molecule has 2 aromatic heterocycles. The highest BCUT2D eigenvalue weighted by atomic mass is 15.0. The number of aromatic nitrogens is 3. The summed E-state index contributed by atoms with van der Waals surface area (Å²) in [5.74, 6) is 0. The predicted octanol–water partition coefficient (Wildman–Crippen LogP) is 3.04. The molecule has 3 rings (SSSR count). The Balaban J connectivity index is 1.46. The van der Waals surface area contributed by atoms with Crippen molar-refractivity contribution in [3.05, 3.63) is 54.6 Å². The van der Waals surface area contributed by atoms with Crippen molar-refractivity contribution >= 4 is 11.0 Å². The smallest absolute Gasteiger partial charge is 0.0958 e. The Morgan fingerprint density at radius 1 is 1.10 bits per heavy atom. The van der Waals surface area contributed by atoms with Crippen LogP contribution in [0.15, 0.2) is 48.9 Å². The highest BCUT2D eigenvalue weighted by molar-refractivity contribution is 5.74. The predicted molar refractivity (Wildman–Crippen MR) is 86.2 cm³/mol. The first-order valence-electron chi connectivity index (χ1n) is 7.63. The van der Waals surface area contributed by atoms with Crippen molar-refractivity contribution in [3.8, 4) is 0 Å². The molecule has 0 unspecified atom stereocenters. The summed E-state index contributed by atoms with van der Waals surface area (Å²) in [6.45, 7) is 6.16. The van der Waals surface area contributed by atoms with E-state index in [1.165, 1.54) is 11.2 Å². The number of benzene rings is 1. The summed E-state index contributed by atoms with van der Waals surface area (Å²) in [6.07, 6.45) is 5.18. The minimum absolute atomic E-state index is 0.936. The maximum absolute atomic E-state index is 4.42. The maximum atomic E-state index is 4.42. The van der Waals surface area contributed by atoms with Crippen molar-refractivity contribution in [3.63, 3.8) is 0 Å². The second-order valence-electron chi connectivity index (χ2n) is 5.24. The van der Waals surface area contributed by atoms with E-state index >= 15 is 0 Å². The third-order valence-electron chi connectivity index (χ3n) is 3.85. The molecule has 110 valence electrons. The summed E-state index contributed by atoms with van der Waals surface area (Å²) in [4.78, 5) is 4.42. The summed E-state index contributed by atoms with van der Waals surface area (Å²) in [6, 6.07) is 12.6. The van der Waals surface area contributed by atoms with Gasteiger partial charge in [0.15, 0.2) is 0 Å². The van der Waals surface area contributed by atoms with E-state index in [0.29, 0.717) is 0 Å². The minimum atomic E-state index is 0.936. The lowest BCUT2D eigenvalue weighted by Gasteiger charge is -2.08. The maximum Gasteiger partial charge on any atom is 0.0958 e. The van der Waals surface area contributed by atoms with E-state index in [1.54, 1.807) is 0 Å². The molecule has 0 fully saturated rings. The van der Waals surface area contributed by atoms with Crippen molar-refractivity contribution in [2.24, 2.45) is 0 Å². The largest absolute Gasteiger partial charge is 0.351 e. The number of nitrogens with zero attached hydrogens (tertiary/aromatic N) is 3. The van der Waals surface area contributed by atoms with Gasteiger partial charge < -0.3 is 14.5 Å². The van der Waals surface area contributed by atoms with Crippen LogP contribution in [0.25, 0.3) is 11.0 Å². The number of aryl methyl sites for hydroxylation is 2. The number of imidazole rings is 1. The van der Waals surface area contributed by atoms with Crippen LogP contribution in [0.2, 0.25) is 0 Å². The third-order valence-corrected chi connectivity index (χ3v) is 3.85. The lowest BCUT2D eigenvalue weighted by atomic mass is 10.3. The van der Waals surface area contributed by atoms with Gasteiger partial charge in [0.2, 0.25) is 0 Å². The van der Waals surface area contributed by atoms with Crippen LogP contribution in [0.1, 0.15) is 19.0 Å². The second kappa shape index (κ2) is 6.59. The Kier molecular flexibility index (Phi) is 4.36. The Morgan fingerprint density at radius 3 is 2.90 bits per heavy atom. The van der Waals surface area contributed by atoms with Crippen LogP contribution in [0.4, 0.5) is 0 Å². The molecule has 0 saturated carbocycles. The summed E-state index contributed by atoms with van der Waals surface area (Å²) >= 11 is 0. The molecule has 0 amide bonds. The van der Waals surface area contributed by atoms with E-state index in [9.17, 15) is 0 Å². The van der Waals surface area contributed by atoms with Gasteiger partial charge in [0.25, 0.3) is 0 Å². The Hall–Kier alpha value is -2.07. The second-order valence-corrected chi connectivity index (χ2v) is 5.24. The lowest BCUT2D eigenvalue weighted by molar-refractivity contribution is 0.571. The SMILES string of the molecule is CCn1cccc1CNCCCn1cnc2ccccc21. The van der Waals surface area contributed by atoms with E-state index in [-0.39, 0.29) is 0 Å². The summed E-state index contributed by atoms with van der Waals surface area (Å²) < 4.78 is 4.50. The van der Waals surface area contributed by atoms with Crippen LogP contribution < -0.4 is 5.32 Å². The number of hydrogen-bond donors (Lipinski definition) is 1. The molecule has 0 aliphatic heterocycles. The zero-order chi connectivity index (χ0) is 14.5. The van der Waals surface area contributed by atoms with Crippen LogP contribution >= 0.6 is 0 Å². The molecule has 1 N–H and O–H groups in total. The molecular formula is C17H22N4. The standard InChI is InChI=1S/C17H22N4/c1-2-20-11-5-7-15(20)13-18-10-6-12-21-14-19-16-8-3-4-9-17(16)21/h3-5,7-9,11,14,18H,2,6,10,12-13H2,1H3. The fourth-order valence-corrected chi connectivity index (χ4v) is 2.70. The van der Waals surface area contributed by atoms with Gasteiger partial charge in [-0.05, 0) is 44.2 Å². The van der Waals surface area contributed by atoms with Gasteiger partial charge >= 0.3 is 0 Å². The topological polar surface area (TPSA) is 34.8 Å². The van der Waals surface area contributed by atoms with Gasteiger partial charge in [-0.25, -0.2) is 4.98 Å². The molecule has 0 radical (unpaired) electrons. The van der Waals surface area contributed by atoms with Gasteiger partial charge in [0, 0.05) is 31.5 Å². The number of hydrogen-bond acceptors (Lipinski definition) is 2. The molecule has 21 heavy (non-hydrogen) atoms. The molecule has 3 aromatic rings. The molecule has 0 atom stereocenters. The molecule has 0 aliphatic carbocycles. The summed E-state index contributed by atoms with van der Waals surface area (Å²) in [7, 11) is 0. The van der Waals surface area contributed by atoms with Crippen LogP contribution in [-0.4, -0.2) is 20.7 Å². The zero-order valence-electron chi connectivity index (χ0n) is 12.5.